The lowest BCUT2D eigenvalue weighted by molar-refractivity contribution is 0.0196. The van der Waals surface area contributed by atoms with Gasteiger partial charge in [0.15, 0.2) is 11.5 Å². The first kappa shape index (κ1) is 38.7. The molecule has 0 radical (unpaired) electrons. The molecular formula is C28H53N5O9P2. The molecule has 2 aromatic heterocycles. The Hall–Kier alpha value is -1.47. The van der Waals surface area contributed by atoms with Crippen LogP contribution in [0.2, 0.25) is 0 Å². The minimum atomic E-state index is -4.85. The van der Waals surface area contributed by atoms with E-state index in [1.54, 1.807) is 0 Å². The zero-order valence-corrected chi connectivity index (χ0v) is 28.1. The van der Waals surface area contributed by atoms with Gasteiger partial charge in [-0.05, 0) is 12.3 Å². The van der Waals surface area contributed by atoms with Crippen LogP contribution < -0.4 is 5.73 Å². The first-order valence-corrected chi connectivity index (χ1v) is 19.0. The van der Waals surface area contributed by atoms with Crippen LogP contribution in [-0.4, -0.2) is 73.3 Å². The molecule has 44 heavy (non-hydrogen) atoms. The van der Waals surface area contributed by atoms with Crippen LogP contribution in [0.3, 0.4) is 0 Å². The highest BCUT2D eigenvalue weighted by molar-refractivity contribution is 7.63. The van der Waals surface area contributed by atoms with E-state index in [9.17, 15) is 24.0 Å². The van der Waals surface area contributed by atoms with E-state index in [-0.39, 0.29) is 25.6 Å². The lowest BCUT2D eigenvalue weighted by atomic mass is 10.0. The Bertz CT molecular complexity index is 1150. The Labute approximate surface area is 261 Å². The van der Waals surface area contributed by atoms with E-state index in [4.69, 9.17) is 19.7 Å². The van der Waals surface area contributed by atoms with Crippen molar-refractivity contribution in [3.8, 4) is 0 Å². The summed E-state index contributed by atoms with van der Waals surface area (Å²) < 4.78 is 45.9. The summed E-state index contributed by atoms with van der Waals surface area (Å²) in [4.78, 5) is 31.9. The Kier molecular flexibility index (Phi) is 18.8. The number of fused-ring (bicyclic) bond motifs is 1. The van der Waals surface area contributed by atoms with Crippen molar-refractivity contribution in [1.82, 2.24) is 19.5 Å². The molecule has 0 aliphatic carbocycles. The fraction of sp³-hybridized carbons (Fsp3) is 0.821. The zero-order valence-electron chi connectivity index (χ0n) is 26.3. The number of phosphoric ester groups is 1. The van der Waals surface area contributed by atoms with Crippen LogP contribution in [0.5, 0.6) is 0 Å². The number of rotatable bonds is 27. The summed E-state index contributed by atoms with van der Waals surface area (Å²) >= 11 is 0. The average molecular weight is 666 g/mol. The molecule has 2 unspecified atom stereocenters. The van der Waals surface area contributed by atoms with Gasteiger partial charge in [0.2, 0.25) is 0 Å². The molecule has 0 aliphatic heterocycles. The van der Waals surface area contributed by atoms with E-state index in [0.717, 1.165) is 25.2 Å². The number of aromatic nitrogens is 4. The molecule has 0 aliphatic rings. The molecule has 2 rings (SSSR count). The number of hydrogen-bond acceptors (Lipinski definition) is 11. The number of ether oxygens (including phenoxy) is 2. The quantitative estimate of drug-likeness (QED) is 0.0659. The molecule has 0 spiro atoms. The van der Waals surface area contributed by atoms with Gasteiger partial charge in [-0.25, -0.2) is 23.8 Å². The number of nitrogen functional groups attached to an aromatic ring is 1. The third-order valence-electron chi connectivity index (χ3n) is 7.04. The van der Waals surface area contributed by atoms with Crippen molar-refractivity contribution in [3.05, 3.63) is 12.7 Å². The van der Waals surface area contributed by atoms with Crippen LogP contribution in [-0.2, 0) is 34.0 Å². The van der Waals surface area contributed by atoms with Gasteiger partial charge in [0.25, 0.3) is 0 Å². The first-order chi connectivity index (χ1) is 21.0. The van der Waals surface area contributed by atoms with Crippen molar-refractivity contribution in [3.63, 3.8) is 0 Å². The summed E-state index contributed by atoms with van der Waals surface area (Å²) in [7, 11) is -9.56. The summed E-state index contributed by atoms with van der Waals surface area (Å²) in [5.41, 5.74) is 6.50. The van der Waals surface area contributed by atoms with Crippen molar-refractivity contribution in [2.75, 3.05) is 38.5 Å². The molecule has 16 heteroatoms. The largest absolute Gasteiger partial charge is 0.479 e. The van der Waals surface area contributed by atoms with Gasteiger partial charge in [0.05, 0.1) is 38.8 Å². The number of phosphoric acid groups is 1. The van der Waals surface area contributed by atoms with E-state index in [1.165, 1.54) is 81.4 Å². The van der Waals surface area contributed by atoms with Gasteiger partial charge in [0, 0.05) is 6.61 Å². The second kappa shape index (κ2) is 21.3. The monoisotopic (exact) mass is 665 g/mol. The molecule has 5 N–H and O–H groups in total. The molecule has 0 saturated heterocycles. The number of anilines is 1. The van der Waals surface area contributed by atoms with Crippen molar-refractivity contribution in [2.24, 2.45) is 5.92 Å². The lowest BCUT2D eigenvalue weighted by Gasteiger charge is -2.20. The van der Waals surface area contributed by atoms with E-state index in [0.29, 0.717) is 17.8 Å². The fourth-order valence-electron chi connectivity index (χ4n) is 4.66. The molecule has 0 bridgehead atoms. The molecule has 3 atom stereocenters. The van der Waals surface area contributed by atoms with Crippen LogP contribution in [0.1, 0.15) is 97.3 Å². The normalized spacial score (nSPS) is 15.5. The SMILES string of the molecule is CC(C)CCCCCCCCCCCCCCOCCOP(=O)(O)OP(=O)(O)CO[C@H](CO)Cn1cnc2c(N)ncnc21. The van der Waals surface area contributed by atoms with Gasteiger partial charge in [-0.15, -0.1) is 0 Å². The fourth-order valence-corrected chi connectivity index (χ4v) is 7.03. The summed E-state index contributed by atoms with van der Waals surface area (Å²) in [6.45, 7) is 4.31. The zero-order chi connectivity index (χ0) is 32.3. The topological polar surface area (TPSA) is 201 Å². The van der Waals surface area contributed by atoms with E-state index >= 15 is 0 Å². The van der Waals surface area contributed by atoms with Crippen molar-refractivity contribution in [2.45, 2.75) is 110 Å². The Morgan fingerprint density at radius 3 is 2.09 bits per heavy atom. The van der Waals surface area contributed by atoms with Crippen molar-refractivity contribution in [1.29, 1.82) is 0 Å². The van der Waals surface area contributed by atoms with Crippen molar-refractivity contribution >= 4 is 32.4 Å². The molecule has 0 amide bonds. The highest BCUT2D eigenvalue weighted by Crippen LogP contribution is 2.59. The number of hydrogen-bond donors (Lipinski definition) is 4. The Balaban J connectivity index is 1.48. The van der Waals surface area contributed by atoms with Gasteiger partial charge in [-0.3, -0.25) is 9.09 Å². The summed E-state index contributed by atoms with van der Waals surface area (Å²) in [6, 6.07) is 0. The highest BCUT2D eigenvalue weighted by atomic mass is 31.3. The highest BCUT2D eigenvalue weighted by Gasteiger charge is 2.34. The molecule has 0 fully saturated rings. The van der Waals surface area contributed by atoms with Gasteiger partial charge < -0.3 is 34.7 Å². The predicted octanol–water partition coefficient (Wildman–Crippen LogP) is 5.81. The number of nitrogens with two attached hydrogens (primary N) is 1. The molecule has 2 heterocycles. The number of aliphatic hydroxyl groups excluding tert-OH is 1. The summed E-state index contributed by atoms with van der Waals surface area (Å²) in [5.74, 6) is 0.997. The number of nitrogens with zero attached hydrogens (tertiary/aromatic N) is 4. The lowest BCUT2D eigenvalue weighted by Crippen LogP contribution is -2.24. The van der Waals surface area contributed by atoms with Crippen LogP contribution >= 0.6 is 15.4 Å². The van der Waals surface area contributed by atoms with Gasteiger partial charge in [-0.1, -0.05) is 90.9 Å². The standard InChI is InChI=1S/C28H53N5O9P2/c1-24(2)15-13-11-9-7-5-3-4-6-8-10-12-14-16-39-17-18-41-44(37,38)42-43(35,36)23-40-25(20-34)19-33-22-32-26-27(29)30-21-31-28(26)33/h21-22,24-25,34H,3-20,23H2,1-2H3,(H,35,36)(H,37,38)(H2,29,30,31)/t25-/m0/s1. The maximum atomic E-state index is 12.3. The van der Waals surface area contributed by atoms with Gasteiger partial charge >= 0.3 is 15.4 Å². The summed E-state index contributed by atoms with van der Waals surface area (Å²) in [6.07, 6.45) is 17.1. The molecule has 0 saturated carbocycles. The number of unbranched alkanes of at least 4 members (excludes halogenated alkanes) is 11. The summed E-state index contributed by atoms with van der Waals surface area (Å²) in [5, 5.41) is 9.64. The number of imidazole rings is 1. The Morgan fingerprint density at radius 1 is 0.864 bits per heavy atom. The van der Waals surface area contributed by atoms with Crippen LogP contribution in [0, 0.1) is 5.92 Å². The maximum absolute atomic E-state index is 12.3. The average Bonchev–Trinajstić information content (AvgIpc) is 3.37. The predicted molar refractivity (Wildman–Crippen MR) is 169 cm³/mol. The maximum Gasteiger partial charge on any atom is 0.479 e. The minimum Gasteiger partial charge on any atom is -0.394 e. The van der Waals surface area contributed by atoms with Crippen LogP contribution in [0.15, 0.2) is 12.7 Å². The third kappa shape index (κ3) is 16.7. The van der Waals surface area contributed by atoms with E-state index < -0.39 is 34.5 Å². The van der Waals surface area contributed by atoms with Crippen LogP contribution in [0.25, 0.3) is 11.2 Å². The van der Waals surface area contributed by atoms with E-state index in [2.05, 4.69) is 33.1 Å². The van der Waals surface area contributed by atoms with E-state index in [1.807, 2.05) is 0 Å². The Morgan fingerprint density at radius 2 is 1.48 bits per heavy atom. The molecule has 0 aromatic carbocycles. The van der Waals surface area contributed by atoms with Gasteiger partial charge in [-0.2, -0.15) is 0 Å². The van der Waals surface area contributed by atoms with Crippen molar-refractivity contribution < 1.29 is 42.3 Å². The number of aliphatic hydroxyl groups is 1. The van der Waals surface area contributed by atoms with Crippen LogP contribution in [0.4, 0.5) is 5.82 Å². The first-order valence-electron chi connectivity index (χ1n) is 15.7. The third-order valence-corrected chi connectivity index (χ3v) is 9.87. The molecule has 14 nitrogen and oxygen atoms in total. The minimum absolute atomic E-state index is 0.00689. The molecular weight excluding hydrogens is 612 g/mol. The van der Waals surface area contributed by atoms with Gasteiger partial charge in [0.1, 0.15) is 18.2 Å². The molecule has 2 aromatic rings. The molecule has 254 valence electrons. The second-order valence-electron chi connectivity index (χ2n) is 11.5. The smallest absolute Gasteiger partial charge is 0.394 e. The second-order valence-corrected chi connectivity index (χ2v) is 14.9.